The van der Waals surface area contributed by atoms with E-state index in [9.17, 15) is 9.59 Å². The molecule has 0 aromatic heterocycles. The number of nitrogens with zero attached hydrogens (tertiary/aromatic N) is 1. The number of carbonyl (C=O) groups excluding carboxylic acids is 2. The second-order valence-corrected chi connectivity index (χ2v) is 4.19. The number of fused-ring (bicyclic) bond motifs is 1. The summed E-state index contributed by atoms with van der Waals surface area (Å²) in [5, 5.41) is 0. The first-order chi connectivity index (χ1) is 9.15. The van der Waals surface area contributed by atoms with Crippen molar-refractivity contribution in [3.63, 3.8) is 0 Å². The predicted molar refractivity (Wildman–Crippen MR) is 69.1 cm³/mol. The first-order valence-electron chi connectivity index (χ1n) is 5.98. The van der Waals surface area contributed by atoms with Crippen molar-refractivity contribution in [2.24, 2.45) is 5.73 Å². The number of esters is 1. The van der Waals surface area contributed by atoms with Gasteiger partial charge in [0.1, 0.15) is 12.3 Å². The Hall–Kier alpha value is -2.08. The van der Waals surface area contributed by atoms with E-state index in [0.29, 0.717) is 24.4 Å². The first kappa shape index (κ1) is 13.4. The number of ether oxygens (including phenoxy) is 2. The number of methoxy groups -OCH3 is 1. The van der Waals surface area contributed by atoms with Gasteiger partial charge in [0.25, 0.3) is 5.91 Å². The van der Waals surface area contributed by atoms with Crippen LogP contribution < -0.4 is 15.4 Å². The van der Waals surface area contributed by atoms with E-state index in [1.807, 2.05) is 12.1 Å². The zero-order valence-corrected chi connectivity index (χ0v) is 10.7. The number of hydrogen-bond donors (Lipinski definition) is 1. The van der Waals surface area contributed by atoms with Crippen LogP contribution in [0.2, 0.25) is 0 Å². The average molecular weight is 264 g/mol. The lowest BCUT2D eigenvalue weighted by molar-refractivity contribution is -0.140. The van der Waals surface area contributed by atoms with Gasteiger partial charge in [-0.15, -0.1) is 0 Å². The summed E-state index contributed by atoms with van der Waals surface area (Å²) in [5.74, 6) is -0.141. The van der Waals surface area contributed by atoms with Gasteiger partial charge in [-0.3, -0.25) is 14.5 Å². The van der Waals surface area contributed by atoms with Gasteiger partial charge in [0.05, 0.1) is 12.8 Å². The van der Waals surface area contributed by atoms with Crippen LogP contribution in [0.1, 0.15) is 5.56 Å². The van der Waals surface area contributed by atoms with Gasteiger partial charge < -0.3 is 15.2 Å². The summed E-state index contributed by atoms with van der Waals surface area (Å²) >= 11 is 0. The lowest BCUT2D eigenvalue weighted by Crippen LogP contribution is -2.42. The molecule has 0 saturated carbocycles. The highest BCUT2D eigenvalue weighted by Crippen LogP contribution is 2.32. The second-order valence-electron chi connectivity index (χ2n) is 4.19. The Bertz CT molecular complexity index is 501. The van der Waals surface area contributed by atoms with Gasteiger partial charge in [-0.05, 0) is 30.7 Å². The van der Waals surface area contributed by atoms with Crippen LogP contribution in [-0.4, -0.2) is 38.7 Å². The zero-order chi connectivity index (χ0) is 13.8. The summed E-state index contributed by atoms with van der Waals surface area (Å²) in [6.07, 6.45) is 0.702. The lowest BCUT2D eigenvalue weighted by Gasteiger charge is -2.28. The van der Waals surface area contributed by atoms with Gasteiger partial charge in [-0.25, -0.2) is 0 Å². The van der Waals surface area contributed by atoms with E-state index >= 15 is 0 Å². The molecule has 1 aromatic carbocycles. The SMILES string of the molecule is COC(=O)CN1C(=O)COc2ccc(CCN)cc21. The molecule has 102 valence electrons. The summed E-state index contributed by atoms with van der Waals surface area (Å²) < 4.78 is 9.94. The Labute approximate surface area is 111 Å². The molecule has 0 spiro atoms. The van der Waals surface area contributed by atoms with Crippen LogP contribution in [0, 0.1) is 0 Å². The summed E-state index contributed by atoms with van der Waals surface area (Å²) in [6.45, 7) is 0.336. The van der Waals surface area contributed by atoms with Crippen molar-refractivity contribution in [1.82, 2.24) is 0 Å². The highest BCUT2D eigenvalue weighted by Gasteiger charge is 2.27. The van der Waals surface area contributed by atoms with Gasteiger partial charge in [0.15, 0.2) is 6.61 Å². The molecule has 6 nitrogen and oxygen atoms in total. The van der Waals surface area contributed by atoms with Gasteiger partial charge in [-0.1, -0.05) is 6.07 Å². The number of carbonyl (C=O) groups is 2. The molecule has 1 amide bonds. The second kappa shape index (κ2) is 5.71. The summed E-state index contributed by atoms with van der Waals surface area (Å²) in [7, 11) is 1.29. The maximum atomic E-state index is 11.8. The Morgan fingerprint density at radius 1 is 1.53 bits per heavy atom. The first-order valence-corrected chi connectivity index (χ1v) is 5.98. The standard InChI is InChI=1S/C13H16N2O4/c1-18-13(17)7-15-10-6-9(4-5-14)2-3-11(10)19-8-12(15)16/h2-3,6H,4-5,7-8,14H2,1H3. The van der Waals surface area contributed by atoms with Crippen molar-refractivity contribution in [3.8, 4) is 5.75 Å². The Morgan fingerprint density at radius 3 is 3.00 bits per heavy atom. The molecule has 0 saturated heterocycles. The molecule has 0 bridgehead atoms. The van der Waals surface area contributed by atoms with Gasteiger partial charge >= 0.3 is 5.97 Å². The molecule has 0 unspecified atom stereocenters. The average Bonchev–Trinajstić information content (AvgIpc) is 2.42. The third kappa shape index (κ3) is 2.85. The minimum absolute atomic E-state index is 0.0692. The number of hydrogen-bond acceptors (Lipinski definition) is 5. The molecule has 19 heavy (non-hydrogen) atoms. The molecule has 1 aromatic rings. The molecule has 2 N–H and O–H groups in total. The van der Waals surface area contributed by atoms with Crippen LogP contribution in [0.15, 0.2) is 18.2 Å². The van der Waals surface area contributed by atoms with E-state index in [1.54, 1.807) is 6.07 Å². The van der Waals surface area contributed by atoms with E-state index in [2.05, 4.69) is 4.74 Å². The van der Waals surface area contributed by atoms with Crippen molar-refractivity contribution in [1.29, 1.82) is 0 Å². The third-order valence-corrected chi connectivity index (χ3v) is 2.91. The van der Waals surface area contributed by atoms with Crippen molar-refractivity contribution in [2.75, 3.05) is 31.7 Å². The molecule has 0 fully saturated rings. The summed E-state index contributed by atoms with van der Waals surface area (Å²) in [6, 6.07) is 5.51. The number of rotatable bonds is 4. The molecule has 0 aliphatic carbocycles. The maximum Gasteiger partial charge on any atom is 0.325 e. The van der Waals surface area contributed by atoms with Crippen LogP contribution in [-0.2, 0) is 20.7 Å². The maximum absolute atomic E-state index is 11.8. The number of anilines is 1. The summed E-state index contributed by atoms with van der Waals surface area (Å²) in [4.78, 5) is 24.6. The molecule has 2 rings (SSSR count). The highest BCUT2D eigenvalue weighted by atomic mass is 16.5. The zero-order valence-electron chi connectivity index (χ0n) is 10.7. The van der Waals surface area contributed by atoms with Crippen LogP contribution in [0.3, 0.4) is 0 Å². The molecular formula is C13H16N2O4. The van der Waals surface area contributed by atoms with Crippen LogP contribution >= 0.6 is 0 Å². The van der Waals surface area contributed by atoms with E-state index in [1.165, 1.54) is 12.0 Å². The minimum Gasteiger partial charge on any atom is -0.482 e. The quantitative estimate of drug-likeness (QED) is 0.779. The molecule has 1 aliphatic rings. The molecule has 6 heteroatoms. The lowest BCUT2D eigenvalue weighted by atomic mass is 10.1. The van der Waals surface area contributed by atoms with Gasteiger partial charge in [0, 0.05) is 0 Å². The molecular weight excluding hydrogens is 248 g/mol. The van der Waals surface area contributed by atoms with E-state index in [0.717, 1.165) is 5.56 Å². The van der Waals surface area contributed by atoms with Crippen LogP contribution in [0.5, 0.6) is 5.75 Å². The minimum atomic E-state index is -0.467. The monoisotopic (exact) mass is 264 g/mol. The number of nitrogens with two attached hydrogens (primary N) is 1. The molecule has 1 aliphatic heterocycles. The van der Waals surface area contributed by atoms with Gasteiger partial charge in [0.2, 0.25) is 0 Å². The third-order valence-electron chi connectivity index (χ3n) is 2.91. The number of benzene rings is 1. The van der Waals surface area contributed by atoms with Crippen molar-refractivity contribution >= 4 is 17.6 Å². The van der Waals surface area contributed by atoms with Crippen LogP contribution in [0.4, 0.5) is 5.69 Å². The fraction of sp³-hybridized carbons (Fsp3) is 0.385. The fourth-order valence-electron chi connectivity index (χ4n) is 1.94. The fourth-order valence-corrected chi connectivity index (χ4v) is 1.94. The molecule has 1 heterocycles. The predicted octanol–water partition coefficient (Wildman–Crippen LogP) is 0.0862. The topological polar surface area (TPSA) is 81.9 Å². The van der Waals surface area contributed by atoms with Crippen molar-refractivity contribution in [3.05, 3.63) is 23.8 Å². The Morgan fingerprint density at radius 2 is 2.32 bits per heavy atom. The normalized spacial score (nSPS) is 13.8. The largest absolute Gasteiger partial charge is 0.482 e. The highest BCUT2D eigenvalue weighted by molar-refractivity contribution is 6.01. The van der Waals surface area contributed by atoms with E-state index < -0.39 is 5.97 Å². The van der Waals surface area contributed by atoms with E-state index in [4.69, 9.17) is 10.5 Å². The Kier molecular flexibility index (Phi) is 4.01. The van der Waals surface area contributed by atoms with E-state index in [-0.39, 0.29) is 19.1 Å². The van der Waals surface area contributed by atoms with Crippen LogP contribution in [0.25, 0.3) is 0 Å². The smallest absolute Gasteiger partial charge is 0.325 e. The van der Waals surface area contributed by atoms with Crippen molar-refractivity contribution in [2.45, 2.75) is 6.42 Å². The van der Waals surface area contributed by atoms with Gasteiger partial charge in [-0.2, -0.15) is 0 Å². The number of amides is 1. The van der Waals surface area contributed by atoms with Crippen molar-refractivity contribution < 1.29 is 19.1 Å². The molecule has 0 atom stereocenters. The summed E-state index contributed by atoms with van der Waals surface area (Å²) in [5.41, 5.74) is 7.10. The Balaban J connectivity index is 2.32. The molecule has 0 radical (unpaired) electrons.